The summed E-state index contributed by atoms with van der Waals surface area (Å²) in [5.41, 5.74) is 2.21. The highest BCUT2D eigenvalue weighted by Gasteiger charge is 2.10. The van der Waals surface area contributed by atoms with Crippen molar-refractivity contribution in [2.24, 2.45) is 0 Å². The molecule has 2 rings (SSSR count). The molecular weight excluding hydrogens is 345 g/mol. The molecule has 0 saturated carbocycles. The van der Waals surface area contributed by atoms with E-state index in [4.69, 9.17) is 23.2 Å². The molecule has 2 aromatic rings. The molecule has 2 aromatic carbocycles. The van der Waals surface area contributed by atoms with Gasteiger partial charge in [0.15, 0.2) is 0 Å². The molecule has 0 aromatic heterocycles. The number of hydrogen-bond acceptors (Lipinski definition) is 1. The maximum atomic E-state index is 6.04. The first-order valence-electron chi connectivity index (χ1n) is 6.07. The minimum absolute atomic E-state index is 0.228. The van der Waals surface area contributed by atoms with Gasteiger partial charge in [0.2, 0.25) is 0 Å². The first-order chi connectivity index (χ1) is 9.10. The number of halogens is 3. The minimum atomic E-state index is 0.228. The maximum Gasteiger partial charge on any atom is 0.0549 e. The predicted molar refractivity (Wildman–Crippen MR) is 87.3 cm³/mol. The van der Waals surface area contributed by atoms with Crippen LogP contribution < -0.4 is 5.32 Å². The fourth-order valence-corrected chi connectivity index (χ4v) is 2.63. The van der Waals surface area contributed by atoms with Gasteiger partial charge < -0.3 is 5.32 Å². The van der Waals surface area contributed by atoms with Crippen molar-refractivity contribution >= 4 is 44.8 Å². The van der Waals surface area contributed by atoms with Gasteiger partial charge >= 0.3 is 0 Å². The second kappa shape index (κ2) is 6.65. The van der Waals surface area contributed by atoms with Crippen LogP contribution in [0.15, 0.2) is 46.9 Å². The molecule has 4 heteroatoms. The average Bonchev–Trinajstić information content (AvgIpc) is 2.40. The van der Waals surface area contributed by atoms with Crippen LogP contribution in [0.2, 0.25) is 10.0 Å². The van der Waals surface area contributed by atoms with Crippen LogP contribution >= 0.6 is 39.1 Å². The van der Waals surface area contributed by atoms with Crippen molar-refractivity contribution in [2.75, 3.05) is 5.32 Å². The summed E-state index contributed by atoms with van der Waals surface area (Å²) in [6.45, 7) is 2.14. The first kappa shape index (κ1) is 14.7. The zero-order chi connectivity index (χ0) is 13.8. The summed E-state index contributed by atoms with van der Waals surface area (Å²) >= 11 is 15.5. The summed E-state index contributed by atoms with van der Waals surface area (Å²) in [5.74, 6) is 0. The van der Waals surface area contributed by atoms with Gasteiger partial charge in [-0.1, -0.05) is 42.3 Å². The summed E-state index contributed by atoms with van der Waals surface area (Å²) in [7, 11) is 0. The monoisotopic (exact) mass is 357 g/mol. The molecule has 100 valence electrons. The Kier molecular flexibility index (Phi) is 5.14. The zero-order valence-electron chi connectivity index (χ0n) is 10.5. The zero-order valence-corrected chi connectivity index (χ0v) is 13.6. The van der Waals surface area contributed by atoms with Crippen LogP contribution in [0, 0.1) is 0 Å². The van der Waals surface area contributed by atoms with Gasteiger partial charge in [-0.2, -0.15) is 0 Å². The van der Waals surface area contributed by atoms with Crippen LogP contribution in [0.3, 0.4) is 0 Å². The second-order valence-corrected chi connectivity index (χ2v) is 5.99. The summed E-state index contributed by atoms with van der Waals surface area (Å²) in [6, 6.07) is 14.0. The molecule has 1 nitrogen and oxygen atoms in total. The smallest absolute Gasteiger partial charge is 0.0549 e. The van der Waals surface area contributed by atoms with Crippen LogP contribution in [0.5, 0.6) is 0 Å². The van der Waals surface area contributed by atoms with E-state index in [9.17, 15) is 0 Å². The average molecular weight is 359 g/mol. The molecule has 0 spiro atoms. The predicted octanol–water partition coefficient (Wildman–Crippen LogP) is 6.32. The number of rotatable bonds is 4. The van der Waals surface area contributed by atoms with Gasteiger partial charge in [0.05, 0.1) is 11.1 Å². The van der Waals surface area contributed by atoms with Gasteiger partial charge in [0.1, 0.15) is 0 Å². The van der Waals surface area contributed by atoms with Crippen molar-refractivity contribution in [2.45, 2.75) is 19.4 Å². The fourth-order valence-electron chi connectivity index (χ4n) is 1.93. The fraction of sp³-hybridized carbons (Fsp3) is 0.200. The number of anilines is 1. The van der Waals surface area contributed by atoms with Gasteiger partial charge in [-0.05, 0) is 58.2 Å². The molecule has 0 radical (unpaired) electrons. The van der Waals surface area contributed by atoms with Gasteiger partial charge in [0, 0.05) is 15.2 Å². The molecule has 0 fully saturated rings. The highest BCUT2D eigenvalue weighted by molar-refractivity contribution is 9.10. The molecular formula is C15H14BrCl2N. The van der Waals surface area contributed by atoms with Crippen LogP contribution in [0.25, 0.3) is 0 Å². The Bertz CT molecular complexity index is 572. The van der Waals surface area contributed by atoms with Crippen molar-refractivity contribution in [3.63, 3.8) is 0 Å². The lowest BCUT2D eigenvalue weighted by Crippen LogP contribution is -2.09. The van der Waals surface area contributed by atoms with Gasteiger partial charge in [-0.15, -0.1) is 0 Å². The Morgan fingerprint density at radius 1 is 1.16 bits per heavy atom. The van der Waals surface area contributed by atoms with Crippen molar-refractivity contribution in [1.82, 2.24) is 0 Å². The van der Waals surface area contributed by atoms with E-state index in [0.717, 1.165) is 21.6 Å². The van der Waals surface area contributed by atoms with Crippen LogP contribution in [0.4, 0.5) is 5.69 Å². The topological polar surface area (TPSA) is 12.0 Å². The van der Waals surface area contributed by atoms with E-state index in [-0.39, 0.29) is 6.04 Å². The lowest BCUT2D eigenvalue weighted by Gasteiger charge is -2.19. The van der Waals surface area contributed by atoms with E-state index in [1.165, 1.54) is 5.56 Å². The molecule has 0 amide bonds. The highest BCUT2D eigenvalue weighted by Crippen LogP contribution is 2.29. The molecule has 0 bridgehead atoms. The molecule has 0 aliphatic rings. The molecule has 0 aliphatic carbocycles. The lowest BCUT2D eigenvalue weighted by atomic mass is 10.0. The highest BCUT2D eigenvalue weighted by atomic mass is 79.9. The van der Waals surface area contributed by atoms with E-state index >= 15 is 0 Å². The summed E-state index contributed by atoms with van der Waals surface area (Å²) in [4.78, 5) is 0. The molecule has 0 aliphatic heterocycles. The summed E-state index contributed by atoms with van der Waals surface area (Å²) in [6.07, 6.45) is 0.973. The summed E-state index contributed by atoms with van der Waals surface area (Å²) in [5, 5.41) is 4.96. The number of benzene rings is 2. The molecule has 0 saturated heterocycles. The van der Waals surface area contributed by atoms with E-state index in [0.29, 0.717) is 5.02 Å². The van der Waals surface area contributed by atoms with Crippen molar-refractivity contribution in [3.05, 3.63) is 62.5 Å². The van der Waals surface area contributed by atoms with Crippen LogP contribution in [-0.2, 0) is 0 Å². The lowest BCUT2D eigenvalue weighted by molar-refractivity contribution is 0.749. The van der Waals surface area contributed by atoms with Crippen molar-refractivity contribution < 1.29 is 0 Å². The Morgan fingerprint density at radius 3 is 2.58 bits per heavy atom. The Hall–Kier alpha value is -0.700. The van der Waals surface area contributed by atoms with E-state index in [2.05, 4.69) is 34.2 Å². The quantitative estimate of drug-likeness (QED) is 0.674. The SMILES string of the molecule is CCC(Nc1ccc(Cl)c(Br)c1)c1cccc(Cl)c1. The molecule has 1 unspecified atom stereocenters. The van der Waals surface area contributed by atoms with Gasteiger partial charge in [-0.25, -0.2) is 0 Å². The largest absolute Gasteiger partial charge is 0.378 e. The van der Waals surface area contributed by atoms with Crippen LogP contribution in [0.1, 0.15) is 24.9 Å². The third kappa shape index (κ3) is 3.88. The summed E-state index contributed by atoms with van der Waals surface area (Å²) < 4.78 is 0.889. The standard InChI is InChI=1S/C15H14BrCl2N/c1-2-15(10-4-3-5-11(17)8-10)19-12-6-7-14(18)13(16)9-12/h3-9,15,19H,2H2,1H3. The van der Waals surface area contributed by atoms with Crippen molar-refractivity contribution in [1.29, 1.82) is 0 Å². The van der Waals surface area contributed by atoms with Crippen LogP contribution in [-0.4, -0.2) is 0 Å². The first-order valence-corrected chi connectivity index (χ1v) is 7.62. The number of hydrogen-bond donors (Lipinski definition) is 1. The van der Waals surface area contributed by atoms with E-state index < -0.39 is 0 Å². The van der Waals surface area contributed by atoms with E-state index in [1.807, 2.05) is 36.4 Å². The maximum absolute atomic E-state index is 6.04. The van der Waals surface area contributed by atoms with E-state index in [1.54, 1.807) is 0 Å². The Balaban J connectivity index is 2.21. The third-order valence-corrected chi connectivity index (χ3v) is 4.37. The number of nitrogens with one attached hydrogen (secondary N) is 1. The molecule has 19 heavy (non-hydrogen) atoms. The normalized spacial score (nSPS) is 12.2. The van der Waals surface area contributed by atoms with Gasteiger partial charge in [0.25, 0.3) is 0 Å². The molecule has 1 N–H and O–H groups in total. The van der Waals surface area contributed by atoms with Gasteiger partial charge in [-0.3, -0.25) is 0 Å². The Labute approximate surface area is 132 Å². The third-order valence-electron chi connectivity index (χ3n) is 2.92. The van der Waals surface area contributed by atoms with Crippen molar-refractivity contribution in [3.8, 4) is 0 Å². The Morgan fingerprint density at radius 2 is 1.95 bits per heavy atom. The molecule has 1 atom stereocenters. The second-order valence-electron chi connectivity index (χ2n) is 4.29. The molecule has 0 heterocycles. The minimum Gasteiger partial charge on any atom is -0.378 e.